The summed E-state index contributed by atoms with van der Waals surface area (Å²) < 4.78 is 11.5. The SMILES string of the molecule is C=CC(=O)NC1CCOc2cc(Oc3ccccc3)ccc21. The molecule has 0 bridgehead atoms. The molecule has 3 rings (SSSR count). The molecule has 0 aromatic heterocycles. The van der Waals surface area contributed by atoms with Crippen molar-refractivity contribution < 1.29 is 14.3 Å². The topological polar surface area (TPSA) is 47.6 Å². The van der Waals surface area contributed by atoms with Crippen LogP contribution < -0.4 is 14.8 Å². The van der Waals surface area contributed by atoms with Crippen molar-refractivity contribution in [3.05, 3.63) is 66.7 Å². The summed E-state index contributed by atoms with van der Waals surface area (Å²) in [5.41, 5.74) is 0.960. The standard InChI is InChI=1S/C18H17NO3/c1-2-18(20)19-16-10-11-21-17-12-14(8-9-15(16)17)22-13-6-4-3-5-7-13/h2-9,12,16H,1,10-11H2,(H,19,20). The molecule has 1 aliphatic rings. The third kappa shape index (κ3) is 3.11. The molecule has 1 aliphatic heterocycles. The van der Waals surface area contributed by atoms with Crippen molar-refractivity contribution in [2.75, 3.05) is 6.61 Å². The van der Waals surface area contributed by atoms with Crippen LogP contribution in [0.3, 0.4) is 0 Å². The number of ether oxygens (including phenoxy) is 2. The number of nitrogens with one attached hydrogen (secondary N) is 1. The molecule has 0 aliphatic carbocycles. The molecule has 1 heterocycles. The molecule has 1 N–H and O–H groups in total. The van der Waals surface area contributed by atoms with Crippen LogP contribution in [0.25, 0.3) is 0 Å². The van der Waals surface area contributed by atoms with E-state index >= 15 is 0 Å². The van der Waals surface area contributed by atoms with Gasteiger partial charge in [0.2, 0.25) is 5.91 Å². The number of hydrogen-bond acceptors (Lipinski definition) is 3. The van der Waals surface area contributed by atoms with E-state index in [1.54, 1.807) is 0 Å². The molecule has 22 heavy (non-hydrogen) atoms. The van der Waals surface area contributed by atoms with Crippen LogP contribution in [-0.2, 0) is 4.79 Å². The molecule has 112 valence electrons. The van der Waals surface area contributed by atoms with E-state index in [0.29, 0.717) is 12.4 Å². The largest absolute Gasteiger partial charge is 0.493 e. The number of carbonyl (C=O) groups is 1. The lowest BCUT2D eigenvalue weighted by atomic mass is 10.0. The first-order valence-corrected chi connectivity index (χ1v) is 7.19. The van der Waals surface area contributed by atoms with Crippen LogP contribution in [0.5, 0.6) is 17.2 Å². The molecule has 0 spiro atoms. The number of para-hydroxylation sites is 1. The lowest BCUT2D eigenvalue weighted by molar-refractivity contribution is -0.117. The number of carbonyl (C=O) groups excluding carboxylic acids is 1. The fourth-order valence-corrected chi connectivity index (χ4v) is 2.44. The van der Waals surface area contributed by atoms with Crippen LogP contribution in [0.1, 0.15) is 18.0 Å². The minimum atomic E-state index is -0.178. The van der Waals surface area contributed by atoms with Crippen LogP contribution in [0.4, 0.5) is 0 Å². The van der Waals surface area contributed by atoms with Gasteiger partial charge in [-0.2, -0.15) is 0 Å². The highest BCUT2D eigenvalue weighted by Gasteiger charge is 2.22. The van der Waals surface area contributed by atoms with Crippen molar-refractivity contribution in [3.8, 4) is 17.2 Å². The van der Waals surface area contributed by atoms with E-state index < -0.39 is 0 Å². The fraction of sp³-hybridized carbons (Fsp3) is 0.167. The first kappa shape index (κ1) is 14.2. The van der Waals surface area contributed by atoms with Gasteiger partial charge >= 0.3 is 0 Å². The molecule has 2 aromatic rings. The van der Waals surface area contributed by atoms with E-state index in [1.807, 2.05) is 48.5 Å². The number of benzene rings is 2. The van der Waals surface area contributed by atoms with E-state index in [-0.39, 0.29) is 11.9 Å². The van der Waals surface area contributed by atoms with E-state index in [2.05, 4.69) is 11.9 Å². The molecule has 1 unspecified atom stereocenters. The lowest BCUT2D eigenvalue weighted by Gasteiger charge is -2.26. The quantitative estimate of drug-likeness (QED) is 0.877. The Balaban J connectivity index is 1.81. The van der Waals surface area contributed by atoms with Gasteiger partial charge in [-0.05, 0) is 30.3 Å². The third-order valence-electron chi connectivity index (χ3n) is 3.51. The monoisotopic (exact) mass is 295 g/mol. The average molecular weight is 295 g/mol. The maximum absolute atomic E-state index is 11.5. The zero-order valence-corrected chi connectivity index (χ0v) is 12.1. The molecule has 4 heteroatoms. The van der Waals surface area contributed by atoms with Crippen molar-refractivity contribution >= 4 is 5.91 Å². The maximum atomic E-state index is 11.5. The Hall–Kier alpha value is -2.75. The fourth-order valence-electron chi connectivity index (χ4n) is 2.44. The zero-order chi connectivity index (χ0) is 15.4. The zero-order valence-electron chi connectivity index (χ0n) is 12.1. The van der Waals surface area contributed by atoms with Gasteiger partial charge in [-0.15, -0.1) is 0 Å². The summed E-state index contributed by atoms with van der Waals surface area (Å²) in [6.45, 7) is 4.04. The molecule has 4 nitrogen and oxygen atoms in total. The van der Waals surface area contributed by atoms with Gasteiger partial charge in [0.1, 0.15) is 17.2 Å². The normalized spacial score (nSPS) is 16.1. The number of amides is 1. The summed E-state index contributed by atoms with van der Waals surface area (Å²) in [4.78, 5) is 11.5. The summed E-state index contributed by atoms with van der Waals surface area (Å²) >= 11 is 0. The van der Waals surface area contributed by atoms with E-state index in [1.165, 1.54) is 6.08 Å². The minimum Gasteiger partial charge on any atom is -0.493 e. The first-order valence-electron chi connectivity index (χ1n) is 7.19. The summed E-state index contributed by atoms with van der Waals surface area (Å²) in [6, 6.07) is 15.2. The van der Waals surface area contributed by atoms with Crippen LogP contribution in [-0.4, -0.2) is 12.5 Å². The van der Waals surface area contributed by atoms with Crippen molar-refractivity contribution in [2.45, 2.75) is 12.5 Å². The summed E-state index contributed by atoms with van der Waals surface area (Å²) in [5.74, 6) is 2.05. The van der Waals surface area contributed by atoms with Gasteiger partial charge in [-0.3, -0.25) is 4.79 Å². The second-order valence-electron chi connectivity index (χ2n) is 5.02. The Morgan fingerprint density at radius 2 is 2.05 bits per heavy atom. The highest BCUT2D eigenvalue weighted by atomic mass is 16.5. The second kappa shape index (κ2) is 6.35. The number of fused-ring (bicyclic) bond motifs is 1. The Morgan fingerprint density at radius 1 is 1.23 bits per heavy atom. The smallest absolute Gasteiger partial charge is 0.243 e. The van der Waals surface area contributed by atoms with Gasteiger partial charge in [-0.1, -0.05) is 24.8 Å². The van der Waals surface area contributed by atoms with Crippen molar-refractivity contribution in [2.24, 2.45) is 0 Å². The average Bonchev–Trinajstić information content (AvgIpc) is 2.56. The molecule has 2 aromatic carbocycles. The van der Waals surface area contributed by atoms with Gasteiger partial charge in [0.15, 0.2) is 0 Å². The molecule has 0 radical (unpaired) electrons. The molecular weight excluding hydrogens is 278 g/mol. The summed E-state index contributed by atoms with van der Waals surface area (Å²) in [7, 11) is 0. The highest BCUT2D eigenvalue weighted by Crippen LogP contribution is 2.36. The van der Waals surface area contributed by atoms with E-state index in [0.717, 1.165) is 23.5 Å². The predicted octanol–water partition coefficient (Wildman–Crippen LogP) is 3.60. The van der Waals surface area contributed by atoms with Crippen LogP contribution in [0, 0.1) is 0 Å². The van der Waals surface area contributed by atoms with Gasteiger partial charge in [0.25, 0.3) is 0 Å². The van der Waals surface area contributed by atoms with Crippen molar-refractivity contribution in [1.29, 1.82) is 0 Å². The number of hydrogen-bond donors (Lipinski definition) is 1. The molecule has 1 atom stereocenters. The van der Waals surface area contributed by atoms with Crippen molar-refractivity contribution in [3.63, 3.8) is 0 Å². The molecule has 1 amide bonds. The van der Waals surface area contributed by atoms with Crippen LogP contribution in [0.15, 0.2) is 61.2 Å². The van der Waals surface area contributed by atoms with E-state index in [4.69, 9.17) is 9.47 Å². The van der Waals surface area contributed by atoms with Crippen LogP contribution >= 0.6 is 0 Å². The second-order valence-corrected chi connectivity index (χ2v) is 5.02. The Labute approximate surface area is 129 Å². The van der Waals surface area contributed by atoms with Crippen molar-refractivity contribution in [1.82, 2.24) is 5.32 Å². The lowest BCUT2D eigenvalue weighted by Crippen LogP contribution is -2.30. The highest BCUT2D eigenvalue weighted by molar-refractivity contribution is 5.87. The Bertz CT molecular complexity index is 682. The first-order chi connectivity index (χ1) is 10.8. The molecule has 0 saturated heterocycles. The predicted molar refractivity (Wildman–Crippen MR) is 84.2 cm³/mol. The molecule has 0 fully saturated rings. The van der Waals surface area contributed by atoms with Gasteiger partial charge in [0.05, 0.1) is 12.6 Å². The molecule has 0 saturated carbocycles. The van der Waals surface area contributed by atoms with Crippen LogP contribution in [0.2, 0.25) is 0 Å². The van der Waals surface area contributed by atoms with Gasteiger partial charge in [0, 0.05) is 18.1 Å². The minimum absolute atomic E-state index is 0.0555. The Morgan fingerprint density at radius 3 is 2.82 bits per heavy atom. The molecular formula is C18H17NO3. The summed E-state index contributed by atoms with van der Waals surface area (Å²) in [6.07, 6.45) is 2.02. The maximum Gasteiger partial charge on any atom is 0.243 e. The van der Waals surface area contributed by atoms with Gasteiger partial charge < -0.3 is 14.8 Å². The Kier molecular flexibility index (Phi) is 4.10. The summed E-state index contributed by atoms with van der Waals surface area (Å²) in [5, 5.41) is 2.92. The third-order valence-corrected chi connectivity index (χ3v) is 3.51. The van der Waals surface area contributed by atoms with Gasteiger partial charge in [-0.25, -0.2) is 0 Å². The van der Waals surface area contributed by atoms with E-state index in [9.17, 15) is 4.79 Å². The number of rotatable bonds is 4.